The first-order valence-electron chi connectivity index (χ1n) is 7.37. The van der Waals surface area contributed by atoms with E-state index < -0.39 is 0 Å². The molecule has 22 heavy (non-hydrogen) atoms. The van der Waals surface area contributed by atoms with Crippen molar-refractivity contribution in [1.82, 2.24) is 9.97 Å². The zero-order valence-corrected chi connectivity index (χ0v) is 13.7. The van der Waals surface area contributed by atoms with Crippen molar-refractivity contribution in [3.05, 3.63) is 46.2 Å². The van der Waals surface area contributed by atoms with E-state index in [-0.39, 0.29) is 0 Å². The van der Waals surface area contributed by atoms with Gasteiger partial charge in [-0.25, -0.2) is 9.97 Å². The third-order valence-corrected chi connectivity index (χ3v) is 4.48. The van der Waals surface area contributed by atoms with E-state index in [2.05, 4.69) is 31.2 Å². The molecular weight excluding hydrogens is 342 g/mol. The summed E-state index contributed by atoms with van der Waals surface area (Å²) >= 11 is 3.41. The Hall–Kier alpha value is -1.95. The molecule has 0 saturated heterocycles. The van der Waals surface area contributed by atoms with Crippen LogP contribution in [0.4, 0.5) is 11.6 Å². The molecule has 1 aliphatic rings. The molecule has 4 N–H and O–H groups in total. The molecule has 0 atom stereocenters. The van der Waals surface area contributed by atoms with Gasteiger partial charge in [0.05, 0.1) is 11.3 Å². The second kappa shape index (κ2) is 6.44. The number of aromatic nitrogens is 2. The summed E-state index contributed by atoms with van der Waals surface area (Å²) in [4.78, 5) is 8.37. The van der Waals surface area contributed by atoms with Gasteiger partial charge in [0, 0.05) is 16.1 Å². The summed E-state index contributed by atoms with van der Waals surface area (Å²) in [6, 6.07) is 8.00. The Balaban J connectivity index is 1.94. The van der Waals surface area contributed by atoms with E-state index in [0.29, 0.717) is 29.0 Å². The molecule has 0 bridgehead atoms. The summed E-state index contributed by atoms with van der Waals surface area (Å²) in [7, 11) is 0. The van der Waals surface area contributed by atoms with Crippen LogP contribution in [0.25, 0.3) is 0 Å². The highest BCUT2D eigenvalue weighted by molar-refractivity contribution is 9.10. The lowest BCUT2D eigenvalue weighted by Gasteiger charge is -2.17. The number of anilines is 2. The van der Waals surface area contributed by atoms with E-state index >= 15 is 0 Å². The highest BCUT2D eigenvalue weighted by Gasteiger charge is 2.20. The van der Waals surface area contributed by atoms with Gasteiger partial charge in [-0.3, -0.25) is 5.41 Å². The molecule has 1 aliphatic carbocycles. The van der Waals surface area contributed by atoms with Crippen LogP contribution < -0.4 is 11.1 Å². The van der Waals surface area contributed by atoms with Gasteiger partial charge in [0.2, 0.25) is 0 Å². The summed E-state index contributed by atoms with van der Waals surface area (Å²) in [5.41, 5.74) is 7.73. The van der Waals surface area contributed by atoms with Crippen molar-refractivity contribution in [2.45, 2.75) is 31.7 Å². The van der Waals surface area contributed by atoms with Crippen molar-refractivity contribution in [2.75, 3.05) is 11.1 Å². The summed E-state index contributed by atoms with van der Waals surface area (Å²) in [5, 5.41) is 11.9. The zero-order valence-electron chi connectivity index (χ0n) is 12.1. The van der Waals surface area contributed by atoms with Crippen LogP contribution in [0, 0.1) is 5.41 Å². The third-order valence-electron chi connectivity index (χ3n) is 3.96. The number of nitrogens with one attached hydrogen (secondary N) is 2. The van der Waals surface area contributed by atoms with E-state index in [0.717, 1.165) is 22.9 Å². The Morgan fingerprint density at radius 2 is 1.86 bits per heavy atom. The molecule has 5 nitrogen and oxygen atoms in total. The smallest absolute Gasteiger partial charge is 0.141 e. The molecule has 0 unspecified atom stereocenters. The third kappa shape index (κ3) is 3.11. The van der Waals surface area contributed by atoms with Crippen LogP contribution >= 0.6 is 15.9 Å². The van der Waals surface area contributed by atoms with Crippen molar-refractivity contribution in [3.63, 3.8) is 0 Å². The molecule has 1 fully saturated rings. The van der Waals surface area contributed by atoms with Gasteiger partial charge in [0.25, 0.3) is 0 Å². The average Bonchev–Trinajstić information content (AvgIpc) is 3.01. The number of nitrogen functional groups attached to an aromatic ring is 1. The minimum absolute atomic E-state index is 0.336. The Morgan fingerprint density at radius 1 is 1.18 bits per heavy atom. The predicted octanol–water partition coefficient (Wildman–Crippen LogP) is 3.59. The van der Waals surface area contributed by atoms with Crippen LogP contribution in [0.1, 0.15) is 36.8 Å². The van der Waals surface area contributed by atoms with Gasteiger partial charge in [-0.2, -0.15) is 0 Å². The lowest BCUT2D eigenvalue weighted by atomic mass is 10.0. The quantitative estimate of drug-likeness (QED) is 0.727. The van der Waals surface area contributed by atoms with Gasteiger partial charge in [0.1, 0.15) is 18.0 Å². The van der Waals surface area contributed by atoms with E-state index in [1.807, 2.05) is 24.3 Å². The fourth-order valence-corrected chi connectivity index (χ4v) is 3.04. The number of halogens is 1. The number of rotatable bonds is 4. The van der Waals surface area contributed by atoms with Gasteiger partial charge in [0.15, 0.2) is 0 Å². The first-order valence-corrected chi connectivity index (χ1v) is 8.16. The largest absolute Gasteiger partial charge is 0.383 e. The summed E-state index contributed by atoms with van der Waals surface area (Å²) in [6.07, 6.45) is 6.18. The average molecular weight is 360 g/mol. The van der Waals surface area contributed by atoms with Gasteiger partial charge in [-0.1, -0.05) is 40.9 Å². The molecule has 1 aromatic carbocycles. The SMILES string of the molecule is N=C(c1ccc(Br)cc1)c1c(N)ncnc1NC1CCCC1. The standard InChI is InChI=1S/C16H18BrN5/c17-11-7-5-10(6-8-11)14(18)13-15(19)20-9-21-16(13)22-12-3-1-2-4-12/h5-9,12,18H,1-4H2,(H3,19,20,21,22). The molecule has 0 spiro atoms. The van der Waals surface area contributed by atoms with Crippen LogP contribution in [-0.4, -0.2) is 21.7 Å². The molecule has 3 rings (SSSR count). The Kier molecular flexibility index (Phi) is 4.38. The maximum Gasteiger partial charge on any atom is 0.141 e. The summed E-state index contributed by atoms with van der Waals surface area (Å²) < 4.78 is 0.977. The molecule has 1 heterocycles. The lowest BCUT2D eigenvalue weighted by molar-refractivity contribution is 0.749. The van der Waals surface area contributed by atoms with E-state index in [4.69, 9.17) is 11.1 Å². The van der Waals surface area contributed by atoms with Gasteiger partial charge in [-0.05, 0) is 25.0 Å². The Bertz CT molecular complexity index is 677. The second-order valence-electron chi connectivity index (χ2n) is 5.49. The van der Waals surface area contributed by atoms with Gasteiger partial charge < -0.3 is 11.1 Å². The zero-order chi connectivity index (χ0) is 15.5. The fourth-order valence-electron chi connectivity index (χ4n) is 2.78. The lowest BCUT2D eigenvalue weighted by Crippen LogP contribution is -2.20. The van der Waals surface area contributed by atoms with Gasteiger partial charge >= 0.3 is 0 Å². The topological polar surface area (TPSA) is 87.7 Å². The Morgan fingerprint density at radius 3 is 2.55 bits per heavy atom. The molecule has 1 saturated carbocycles. The minimum atomic E-state index is 0.336. The molecular formula is C16H18BrN5. The molecule has 114 valence electrons. The van der Waals surface area contributed by atoms with Crippen LogP contribution in [0.15, 0.2) is 35.1 Å². The normalized spacial score (nSPS) is 15.0. The number of nitrogens with zero attached hydrogens (tertiary/aromatic N) is 2. The molecule has 0 amide bonds. The molecule has 6 heteroatoms. The first kappa shape index (κ1) is 15.0. The second-order valence-corrected chi connectivity index (χ2v) is 6.41. The number of hydrogen-bond acceptors (Lipinski definition) is 5. The van der Waals surface area contributed by atoms with Crippen molar-refractivity contribution < 1.29 is 0 Å². The van der Waals surface area contributed by atoms with Crippen molar-refractivity contribution >= 4 is 33.3 Å². The monoisotopic (exact) mass is 359 g/mol. The molecule has 2 aromatic rings. The maximum atomic E-state index is 8.48. The van der Waals surface area contributed by atoms with E-state index in [9.17, 15) is 0 Å². The van der Waals surface area contributed by atoms with Crippen molar-refractivity contribution in [3.8, 4) is 0 Å². The van der Waals surface area contributed by atoms with Crippen molar-refractivity contribution in [1.29, 1.82) is 5.41 Å². The highest BCUT2D eigenvalue weighted by Crippen LogP contribution is 2.26. The molecule has 1 aromatic heterocycles. The van der Waals surface area contributed by atoms with E-state index in [1.54, 1.807) is 0 Å². The Labute approximate surface area is 138 Å². The van der Waals surface area contributed by atoms with Crippen molar-refractivity contribution in [2.24, 2.45) is 0 Å². The fraction of sp³-hybridized carbons (Fsp3) is 0.312. The van der Waals surface area contributed by atoms with Crippen LogP contribution in [0.3, 0.4) is 0 Å². The first-order chi connectivity index (χ1) is 10.6. The molecule has 0 aliphatic heterocycles. The van der Waals surface area contributed by atoms with E-state index in [1.165, 1.54) is 19.2 Å². The van der Waals surface area contributed by atoms with Crippen LogP contribution in [-0.2, 0) is 0 Å². The highest BCUT2D eigenvalue weighted by atomic mass is 79.9. The minimum Gasteiger partial charge on any atom is -0.383 e. The van der Waals surface area contributed by atoms with Crippen LogP contribution in [0.5, 0.6) is 0 Å². The van der Waals surface area contributed by atoms with Gasteiger partial charge in [-0.15, -0.1) is 0 Å². The van der Waals surface area contributed by atoms with Crippen LogP contribution in [0.2, 0.25) is 0 Å². The maximum absolute atomic E-state index is 8.48. The molecule has 0 radical (unpaired) electrons. The number of nitrogens with two attached hydrogens (primary N) is 1. The summed E-state index contributed by atoms with van der Waals surface area (Å²) in [6.45, 7) is 0. The summed E-state index contributed by atoms with van der Waals surface area (Å²) in [5.74, 6) is 0.996. The number of benzene rings is 1. The number of hydrogen-bond donors (Lipinski definition) is 3. The predicted molar refractivity (Wildman–Crippen MR) is 92.4 cm³/mol.